The van der Waals surface area contributed by atoms with E-state index in [1.165, 1.54) is 7.11 Å². The lowest BCUT2D eigenvalue weighted by Crippen LogP contribution is -2.06. The van der Waals surface area contributed by atoms with Crippen molar-refractivity contribution in [1.82, 2.24) is 9.97 Å². The van der Waals surface area contributed by atoms with E-state index in [4.69, 9.17) is 10.8 Å². The average molecular weight is 169 g/mol. The Balaban J connectivity index is 3.12. The van der Waals surface area contributed by atoms with Crippen molar-refractivity contribution in [3.8, 4) is 6.01 Å². The molecule has 0 amide bonds. The lowest BCUT2D eigenvalue weighted by atomic mass is 10.3. The van der Waals surface area contributed by atoms with Gasteiger partial charge in [0.25, 0.3) is 0 Å². The number of nitrogens with two attached hydrogens (primary N) is 1. The Morgan fingerprint density at radius 3 is 2.83 bits per heavy atom. The molecule has 0 atom stereocenters. The van der Waals surface area contributed by atoms with Crippen molar-refractivity contribution in [2.24, 2.45) is 0 Å². The molecule has 0 saturated carbocycles. The summed E-state index contributed by atoms with van der Waals surface area (Å²) >= 11 is 0. The first kappa shape index (κ1) is 8.25. The number of hydrogen-bond acceptors (Lipinski definition) is 5. The quantitative estimate of drug-likeness (QED) is 0.634. The molecule has 0 saturated heterocycles. The minimum atomic E-state index is -1.16. The van der Waals surface area contributed by atoms with Crippen LogP contribution >= 0.6 is 0 Å². The van der Waals surface area contributed by atoms with Crippen LogP contribution in [0.15, 0.2) is 6.20 Å². The van der Waals surface area contributed by atoms with Gasteiger partial charge < -0.3 is 15.6 Å². The van der Waals surface area contributed by atoms with E-state index >= 15 is 0 Å². The van der Waals surface area contributed by atoms with Gasteiger partial charge in [0.05, 0.1) is 13.3 Å². The highest BCUT2D eigenvalue weighted by atomic mass is 16.5. The normalized spacial score (nSPS) is 9.42. The molecule has 1 aromatic heterocycles. The zero-order chi connectivity index (χ0) is 9.14. The Bertz CT molecular complexity index is 313. The first-order valence-corrected chi connectivity index (χ1v) is 3.05. The third kappa shape index (κ3) is 1.42. The molecule has 0 bridgehead atoms. The van der Waals surface area contributed by atoms with Crippen molar-refractivity contribution in [3.63, 3.8) is 0 Å². The maximum atomic E-state index is 10.4. The van der Waals surface area contributed by atoms with E-state index in [0.717, 1.165) is 6.20 Å². The number of nitrogens with zero attached hydrogens (tertiary/aromatic N) is 2. The molecule has 0 unspecified atom stereocenters. The highest BCUT2D eigenvalue weighted by Gasteiger charge is 2.10. The van der Waals surface area contributed by atoms with Crippen molar-refractivity contribution in [2.45, 2.75) is 0 Å². The number of hydrogen-bond donors (Lipinski definition) is 2. The van der Waals surface area contributed by atoms with Gasteiger partial charge in [-0.15, -0.1) is 0 Å². The zero-order valence-corrected chi connectivity index (χ0v) is 6.31. The smallest absolute Gasteiger partial charge is 0.341 e. The number of carboxylic acid groups (broad SMARTS) is 1. The zero-order valence-electron chi connectivity index (χ0n) is 6.31. The Hall–Kier alpha value is -1.85. The summed E-state index contributed by atoms with van der Waals surface area (Å²) in [6.07, 6.45) is 1.10. The van der Waals surface area contributed by atoms with Crippen molar-refractivity contribution in [2.75, 3.05) is 12.8 Å². The number of carbonyl (C=O) groups is 1. The maximum absolute atomic E-state index is 10.4. The van der Waals surface area contributed by atoms with Crippen LogP contribution in [0.1, 0.15) is 10.4 Å². The fraction of sp³-hybridized carbons (Fsp3) is 0.167. The van der Waals surface area contributed by atoms with Gasteiger partial charge >= 0.3 is 12.0 Å². The summed E-state index contributed by atoms with van der Waals surface area (Å²) in [5.74, 6) is -1.26. The molecule has 64 valence electrons. The van der Waals surface area contributed by atoms with E-state index in [9.17, 15) is 4.79 Å². The SMILES string of the molecule is COc1ncc(C(=O)O)c(N)n1. The van der Waals surface area contributed by atoms with Gasteiger partial charge in [-0.3, -0.25) is 0 Å². The molecule has 0 spiro atoms. The van der Waals surface area contributed by atoms with Gasteiger partial charge in [0.15, 0.2) is 0 Å². The molecule has 0 aromatic carbocycles. The maximum Gasteiger partial charge on any atom is 0.341 e. The van der Waals surface area contributed by atoms with Crippen LogP contribution in [0.25, 0.3) is 0 Å². The molecule has 1 rings (SSSR count). The van der Waals surface area contributed by atoms with E-state index in [-0.39, 0.29) is 17.4 Å². The monoisotopic (exact) mass is 169 g/mol. The third-order valence-corrected chi connectivity index (χ3v) is 1.21. The van der Waals surface area contributed by atoms with Crippen LogP contribution in [-0.2, 0) is 0 Å². The summed E-state index contributed by atoms with van der Waals surface area (Å²) in [6.45, 7) is 0. The summed E-state index contributed by atoms with van der Waals surface area (Å²) in [5, 5.41) is 8.53. The van der Waals surface area contributed by atoms with Crippen LogP contribution in [-0.4, -0.2) is 28.2 Å². The van der Waals surface area contributed by atoms with Crippen LogP contribution in [0, 0.1) is 0 Å². The number of carboxylic acids is 1. The van der Waals surface area contributed by atoms with Crippen LogP contribution in [0.5, 0.6) is 6.01 Å². The average Bonchev–Trinajstić information content (AvgIpc) is 2.03. The molecule has 12 heavy (non-hydrogen) atoms. The van der Waals surface area contributed by atoms with Crippen LogP contribution in [0.3, 0.4) is 0 Å². The van der Waals surface area contributed by atoms with Crippen LogP contribution in [0.4, 0.5) is 5.82 Å². The summed E-state index contributed by atoms with van der Waals surface area (Å²) in [6, 6.07) is 0.0532. The molecule has 3 N–H and O–H groups in total. The molecule has 0 aliphatic heterocycles. The van der Waals surface area contributed by atoms with E-state index in [1.54, 1.807) is 0 Å². The number of ether oxygens (including phenoxy) is 1. The van der Waals surface area contributed by atoms with Gasteiger partial charge in [-0.1, -0.05) is 0 Å². The van der Waals surface area contributed by atoms with Gasteiger partial charge in [0.2, 0.25) is 0 Å². The molecule has 0 radical (unpaired) electrons. The molecular formula is C6H7N3O3. The van der Waals surface area contributed by atoms with E-state index in [1.807, 2.05) is 0 Å². The Morgan fingerprint density at radius 2 is 2.42 bits per heavy atom. The fourth-order valence-electron chi connectivity index (χ4n) is 0.641. The fourth-order valence-corrected chi connectivity index (χ4v) is 0.641. The summed E-state index contributed by atoms with van der Waals surface area (Å²) < 4.78 is 4.63. The number of nitrogen functional groups attached to an aromatic ring is 1. The minimum Gasteiger partial charge on any atom is -0.477 e. The van der Waals surface area contributed by atoms with Crippen LogP contribution < -0.4 is 10.5 Å². The van der Waals surface area contributed by atoms with Crippen LogP contribution in [0.2, 0.25) is 0 Å². The molecule has 0 fully saturated rings. The summed E-state index contributed by atoms with van der Waals surface area (Å²) in [7, 11) is 1.37. The Morgan fingerprint density at radius 1 is 1.75 bits per heavy atom. The third-order valence-electron chi connectivity index (χ3n) is 1.21. The molecule has 6 heteroatoms. The van der Waals surface area contributed by atoms with Gasteiger partial charge in [-0.05, 0) is 0 Å². The number of rotatable bonds is 2. The molecular weight excluding hydrogens is 162 g/mol. The number of aromatic carboxylic acids is 1. The topological polar surface area (TPSA) is 98.3 Å². The van der Waals surface area contributed by atoms with Crippen molar-refractivity contribution in [1.29, 1.82) is 0 Å². The number of anilines is 1. The van der Waals surface area contributed by atoms with Crippen molar-refractivity contribution >= 4 is 11.8 Å². The predicted molar refractivity (Wildman–Crippen MR) is 40.0 cm³/mol. The summed E-state index contributed by atoms with van der Waals surface area (Å²) in [4.78, 5) is 17.6. The first-order chi connectivity index (χ1) is 5.65. The number of aromatic nitrogens is 2. The molecule has 1 heterocycles. The summed E-state index contributed by atoms with van der Waals surface area (Å²) in [5.41, 5.74) is 5.16. The Labute approximate surface area is 68.0 Å². The van der Waals surface area contributed by atoms with Gasteiger partial charge in [0, 0.05) is 0 Å². The minimum absolute atomic E-state index is 0.0532. The van der Waals surface area contributed by atoms with Crippen molar-refractivity contribution in [3.05, 3.63) is 11.8 Å². The largest absolute Gasteiger partial charge is 0.477 e. The second-order valence-electron chi connectivity index (χ2n) is 1.96. The lowest BCUT2D eigenvalue weighted by Gasteiger charge is -2.00. The van der Waals surface area contributed by atoms with Crippen molar-refractivity contribution < 1.29 is 14.6 Å². The van der Waals surface area contributed by atoms with Gasteiger partial charge in [0.1, 0.15) is 11.4 Å². The second kappa shape index (κ2) is 3.04. The van der Waals surface area contributed by atoms with E-state index in [2.05, 4.69) is 14.7 Å². The Kier molecular flexibility index (Phi) is 2.09. The highest BCUT2D eigenvalue weighted by Crippen LogP contribution is 2.10. The molecule has 1 aromatic rings. The van der Waals surface area contributed by atoms with E-state index in [0.29, 0.717) is 0 Å². The van der Waals surface area contributed by atoms with E-state index < -0.39 is 5.97 Å². The first-order valence-electron chi connectivity index (χ1n) is 3.05. The number of methoxy groups -OCH3 is 1. The van der Waals surface area contributed by atoms with Gasteiger partial charge in [-0.25, -0.2) is 9.78 Å². The lowest BCUT2D eigenvalue weighted by molar-refractivity contribution is 0.0697. The predicted octanol–water partition coefficient (Wildman–Crippen LogP) is -0.234. The molecule has 6 nitrogen and oxygen atoms in total. The second-order valence-corrected chi connectivity index (χ2v) is 1.96. The standard InChI is InChI=1S/C6H7N3O3/c1-12-6-8-2-3(5(10)11)4(7)9-6/h2H,1H3,(H,10,11)(H2,7,8,9). The molecule has 0 aliphatic carbocycles. The highest BCUT2D eigenvalue weighted by molar-refractivity contribution is 5.92. The molecule has 0 aliphatic rings. The van der Waals surface area contributed by atoms with Gasteiger partial charge in [-0.2, -0.15) is 4.98 Å².